The molecule has 1 heterocycles. The summed E-state index contributed by atoms with van der Waals surface area (Å²) in [6.45, 7) is -2.41. The molecule has 35 heavy (non-hydrogen) atoms. The molecule has 1 fully saturated rings. The Morgan fingerprint density at radius 3 is 2.54 bits per heavy atom. The van der Waals surface area contributed by atoms with E-state index in [4.69, 9.17) is 14.6 Å². The maximum atomic E-state index is 13.4. The number of amides is 2. The first-order chi connectivity index (χ1) is 16.6. The van der Waals surface area contributed by atoms with Crippen LogP contribution in [0, 0.1) is 5.92 Å². The van der Waals surface area contributed by atoms with Crippen LogP contribution in [0.3, 0.4) is 0 Å². The van der Waals surface area contributed by atoms with Crippen LogP contribution in [0.2, 0.25) is 0 Å². The van der Waals surface area contributed by atoms with Crippen molar-refractivity contribution >= 4 is 11.8 Å². The van der Waals surface area contributed by atoms with Crippen LogP contribution in [0.15, 0.2) is 23.8 Å². The summed E-state index contributed by atoms with van der Waals surface area (Å²) in [7, 11) is 1.37. The fraction of sp³-hybridized carbons (Fsp3) is 0.565. The first-order valence-corrected chi connectivity index (χ1v) is 11.2. The number of carbonyl (C=O) groups excluding carboxylic acids is 2. The van der Waals surface area contributed by atoms with E-state index in [2.05, 4.69) is 5.32 Å². The predicted molar refractivity (Wildman–Crippen MR) is 115 cm³/mol. The lowest BCUT2D eigenvalue weighted by Gasteiger charge is -2.41. The zero-order valence-electron chi connectivity index (χ0n) is 18.9. The molecule has 4 N–H and O–H groups in total. The minimum absolute atomic E-state index is 0.00888. The minimum Gasteiger partial charge on any atom is -0.493 e. The van der Waals surface area contributed by atoms with Crippen LogP contribution in [0.1, 0.15) is 29.9 Å². The van der Waals surface area contributed by atoms with Crippen molar-refractivity contribution in [1.29, 1.82) is 0 Å². The molecular weight excluding hydrogens is 473 g/mol. The van der Waals surface area contributed by atoms with E-state index < -0.39 is 54.6 Å². The molecule has 2 aliphatic carbocycles. The van der Waals surface area contributed by atoms with Gasteiger partial charge in [0.15, 0.2) is 11.5 Å². The van der Waals surface area contributed by atoms with Crippen LogP contribution in [-0.2, 0) is 16.2 Å². The van der Waals surface area contributed by atoms with E-state index in [1.165, 1.54) is 19.3 Å². The largest absolute Gasteiger partial charge is 0.493 e. The van der Waals surface area contributed by atoms with Crippen LogP contribution in [-0.4, -0.2) is 83.3 Å². The molecule has 1 aromatic carbocycles. The fourth-order valence-corrected chi connectivity index (χ4v) is 4.71. The number of aliphatic hydroxyl groups is 3. The van der Waals surface area contributed by atoms with E-state index in [-0.39, 0.29) is 36.8 Å². The Bertz CT molecular complexity index is 1030. The predicted octanol–water partition coefficient (Wildman–Crippen LogP) is 0.611. The van der Waals surface area contributed by atoms with E-state index in [0.29, 0.717) is 28.9 Å². The number of ether oxygens (including phenoxy) is 2. The smallest absolute Gasteiger partial charge is 0.406 e. The molecule has 2 amide bonds. The molecule has 0 bridgehead atoms. The van der Waals surface area contributed by atoms with Gasteiger partial charge in [-0.25, -0.2) is 0 Å². The number of halogens is 3. The first kappa shape index (κ1) is 25.3. The van der Waals surface area contributed by atoms with Crippen molar-refractivity contribution in [1.82, 2.24) is 10.2 Å². The van der Waals surface area contributed by atoms with Crippen molar-refractivity contribution in [3.63, 3.8) is 0 Å². The lowest BCUT2D eigenvalue weighted by atomic mass is 9.77. The molecule has 0 spiro atoms. The van der Waals surface area contributed by atoms with Crippen molar-refractivity contribution in [3.8, 4) is 11.5 Å². The lowest BCUT2D eigenvalue weighted by molar-refractivity contribution is -0.171. The van der Waals surface area contributed by atoms with Gasteiger partial charge in [-0.3, -0.25) is 9.59 Å². The summed E-state index contributed by atoms with van der Waals surface area (Å²) in [4.78, 5) is 26.5. The second-order valence-corrected chi connectivity index (χ2v) is 8.87. The number of methoxy groups -OCH3 is 1. The summed E-state index contributed by atoms with van der Waals surface area (Å²) in [6, 6.07) is 1.62. The molecular formula is C23H27F3N2O7. The lowest BCUT2D eigenvalue weighted by Crippen LogP contribution is -2.57. The Morgan fingerprint density at radius 2 is 1.97 bits per heavy atom. The van der Waals surface area contributed by atoms with Gasteiger partial charge in [0.25, 0.3) is 0 Å². The fourth-order valence-electron chi connectivity index (χ4n) is 4.71. The number of nitrogens with zero attached hydrogens (tertiary/aromatic N) is 1. The number of aliphatic hydroxyl groups excluding tert-OH is 3. The SMILES string of the molecule is COc1cc(CO)cc2c1O[C@@H]1[C@@H](O)[C@H](N(CC(F)(F)F)C(=O)C3CC3)C=C(C(=O)NCCO)[C@H]21. The zero-order chi connectivity index (χ0) is 25.5. The number of benzene rings is 1. The Morgan fingerprint density at radius 1 is 1.26 bits per heavy atom. The van der Waals surface area contributed by atoms with Crippen LogP contribution in [0.4, 0.5) is 13.2 Å². The zero-order valence-corrected chi connectivity index (χ0v) is 18.9. The van der Waals surface area contributed by atoms with Crippen molar-refractivity contribution in [2.45, 2.75) is 49.8 Å². The van der Waals surface area contributed by atoms with Gasteiger partial charge < -0.3 is 35.0 Å². The molecule has 0 radical (unpaired) electrons. The van der Waals surface area contributed by atoms with Crippen molar-refractivity contribution < 1.29 is 47.6 Å². The van der Waals surface area contributed by atoms with Crippen LogP contribution in [0.5, 0.6) is 11.5 Å². The number of alkyl halides is 3. The normalized spacial score (nSPS) is 25.2. The third-order valence-electron chi connectivity index (χ3n) is 6.41. The van der Waals surface area contributed by atoms with Gasteiger partial charge in [0, 0.05) is 23.6 Å². The average molecular weight is 500 g/mol. The number of hydrogen-bond acceptors (Lipinski definition) is 7. The van der Waals surface area contributed by atoms with E-state index in [9.17, 15) is 33.0 Å². The molecule has 0 saturated heterocycles. The van der Waals surface area contributed by atoms with Gasteiger partial charge in [-0.1, -0.05) is 0 Å². The maximum Gasteiger partial charge on any atom is 0.406 e. The Kier molecular flexibility index (Phi) is 6.98. The Labute approximate surface area is 199 Å². The summed E-state index contributed by atoms with van der Waals surface area (Å²) >= 11 is 0. The highest BCUT2D eigenvalue weighted by atomic mass is 19.4. The van der Waals surface area contributed by atoms with Crippen LogP contribution >= 0.6 is 0 Å². The Hall–Kier alpha value is -2.83. The highest BCUT2D eigenvalue weighted by molar-refractivity contribution is 5.96. The van der Waals surface area contributed by atoms with Crippen molar-refractivity contribution in [2.24, 2.45) is 5.92 Å². The third kappa shape index (κ3) is 4.95. The summed E-state index contributed by atoms with van der Waals surface area (Å²) in [6.07, 6.45) is -5.42. The quantitative estimate of drug-likeness (QED) is 0.412. The second kappa shape index (κ2) is 9.67. The molecule has 1 aliphatic heterocycles. The van der Waals surface area contributed by atoms with Gasteiger partial charge >= 0.3 is 6.18 Å². The molecule has 9 nitrogen and oxygen atoms in total. The number of rotatable bonds is 8. The van der Waals surface area contributed by atoms with Gasteiger partial charge in [0.05, 0.1) is 32.3 Å². The summed E-state index contributed by atoms with van der Waals surface area (Å²) in [5, 5.41) is 32.5. The van der Waals surface area contributed by atoms with Gasteiger partial charge in [0.2, 0.25) is 11.8 Å². The van der Waals surface area contributed by atoms with Gasteiger partial charge in [0.1, 0.15) is 18.8 Å². The number of carbonyl (C=O) groups is 2. The van der Waals surface area contributed by atoms with Crippen molar-refractivity contribution in [3.05, 3.63) is 34.9 Å². The number of hydrogen-bond donors (Lipinski definition) is 4. The molecule has 192 valence electrons. The van der Waals surface area contributed by atoms with Crippen LogP contribution < -0.4 is 14.8 Å². The summed E-state index contributed by atoms with van der Waals surface area (Å²) in [5.41, 5.74) is 0.849. The maximum absolute atomic E-state index is 13.4. The number of nitrogens with one attached hydrogen (secondary N) is 1. The molecule has 0 unspecified atom stereocenters. The topological polar surface area (TPSA) is 129 Å². The molecule has 3 aliphatic rings. The monoisotopic (exact) mass is 500 g/mol. The highest BCUT2D eigenvalue weighted by Gasteiger charge is 2.53. The van der Waals surface area contributed by atoms with E-state index in [0.717, 1.165) is 0 Å². The van der Waals surface area contributed by atoms with Crippen molar-refractivity contribution in [2.75, 3.05) is 26.8 Å². The van der Waals surface area contributed by atoms with Gasteiger partial charge in [-0.05, 0) is 36.6 Å². The first-order valence-electron chi connectivity index (χ1n) is 11.2. The van der Waals surface area contributed by atoms with E-state index in [1.54, 1.807) is 6.07 Å². The molecule has 12 heteroatoms. The third-order valence-corrected chi connectivity index (χ3v) is 6.41. The minimum atomic E-state index is -4.73. The highest BCUT2D eigenvalue weighted by Crippen LogP contribution is 2.51. The van der Waals surface area contributed by atoms with E-state index in [1.807, 2.05) is 0 Å². The van der Waals surface area contributed by atoms with E-state index >= 15 is 0 Å². The van der Waals surface area contributed by atoms with Crippen LogP contribution in [0.25, 0.3) is 0 Å². The summed E-state index contributed by atoms with van der Waals surface area (Å²) < 4.78 is 51.6. The summed E-state index contributed by atoms with van der Waals surface area (Å²) in [5.74, 6) is -2.47. The molecule has 1 aromatic rings. The second-order valence-electron chi connectivity index (χ2n) is 8.87. The van der Waals surface area contributed by atoms with Gasteiger partial charge in [-0.2, -0.15) is 13.2 Å². The Balaban J connectivity index is 1.81. The average Bonchev–Trinajstić information content (AvgIpc) is 3.60. The van der Waals surface area contributed by atoms with Gasteiger partial charge in [-0.15, -0.1) is 0 Å². The molecule has 4 rings (SSSR count). The molecule has 4 atom stereocenters. The standard InChI is InChI=1S/C23H27F3N2O7/c1-34-16-7-11(9-30)6-13-17-14(21(32)27-4-5-29)8-15(18(31)20(17)35-19(13)16)28(10-23(24,25)26)22(33)12-2-3-12/h6-8,12,15,17-18,20,29-31H,2-5,9-10H2,1H3,(H,27,32)/t15-,17+,18+,20+/m1/s1. The number of fused-ring (bicyclic) bond motifs is 3. The molecule has 0 aromatic heterocycles. The molecule has 1 saturated carbocycles.